The van der Waals surface area contributed by atoms with E-state index in [1.165, 1.54) is 18.2 Å². The molecule has 0 radical (unpaired) electrons. The summed E-state index contributed by atoms with van der Waals surface area (Å²) >= 11 is 0. The van der Waals surface area contributed by atoms with Gasteiger partial charge in [0.25, 0.3) is 5.91 Å². The number of carbonyl (C=O) groups excluding carboxylic acids is 1. The number of aromatic nitrogens is 1. The van der Waals surface area contributed by atoms with Crippen LogP contribution in [-0.4, -0.2) is 23.7 Å². The zero-order valence-electron chi connectivity index (χ0n) is 11.5. The van der Waals surface area contributed by atoms with Gasteiger partial charge in [0.1, 0.15) is 11.6 Å². The zero-order valence-corrected chi connectivity index (χ0v) is 11.5. The third-order valence-electron chi connectivity index (χ3n) is 2.63. The molecular formula is C14H11F4N3O2. The second-order valence-electron chi connectivity index (χ2n) is 4.45. The number of halogens is 4. The van der Waals surface area contributed by atoms with E-state index < -0.39 is 24.5 Å². The first-order valence-electron chi connectivity index (χ1n) is 6.27. The molecule has 5 nitrogen and oxygen atoms in total. The number of hydrogen-bond acceptors (Lipinski definition) is 4. The van der Waals surface area contributed by atoms with Crippen molar-refractivity contribution in [2.75, 3.05) is 17.7 Å². The summed E-state index contributed by atoms with van der Waals surface area (Å²) in [6, 6.07) is 7.29. The molecule has 122 valence electrons. The molecule has 23 heavy (non-hydrogen) atoms. The van der Waals surface area contributed by atoms with Gasteiger partial charge in [-0.25, -0.2) is 4.39 Å². The van der Waals surface area contributed by atoms with Crippen molar-refractivity contribution in [1.82, 2.24) is 4.98 Å². The van der Waals surface area contributed by atoms with Gasteiger partial charge in [0.2, 0.25) is 5.88 Å². The van der Waals surface area contributed by atoms with Crippen molar-refractivity contribution in [3.8, 4) is 5.88 Å². The first-order chi connectivity index (χ1) is 10.7. The molecule has 1 aromatic carbocycles. The van der Waals surface area contributed by atoms with Crippen LogP contribution in [0.25, 0.3) is 0 Å². The van der Waals surface area contributed by atoms with Crippen LogP contribution >= 0.6 is 0 Å². The quantitative estimate of drug-likeness (QED) is 0.846. The molecule has 3 N–H and O–H groups in total. The summed E-state index contributed by atoms with van der Waals surface area (Å²) in [7, 11) is 0. The average molecular weight is 329 g/mol. The number of nitrogen functional groups attached to an aromatic ring is 1. The van der Waals surface area contributed by atoms with Crippen molar-refractivity contribution in [1.29, 1.82) is 0 Å². The van der Waals surface area contributed by atoms with Gasteiger partial charge in [-0.1, -0.05) is 0 Å². The Morgan fingerprint density at radius 3 is 2.39 bits per heavy atom. The van der Waals surface area contributed by atoms with E-state index in [1.54, 1.807) is 0 Å². The maximum Gasteiger partial charge on any atom is 0.422 e. The second kappa shape index (κ2) is 6.51. The van der Waals surface area contributed by atoms with Gasteiger partial charge in [0, 0.05) is 11.8 Å². The van der Waals surface area contributed by atoms with Crippen LogP contribution in [0.5, 0.6) is 5.88 Å². The van der Waals surface area contributed by atoms with E-state index >= 15 is 0 Å². The minimum atomic E-state index is -4.50. The van der Waals surface area contributed by atoms with Crippen LogP contribution < -0.4 is 15.8 Å². The highest BCUT2D eigenvalue weighted by atomic mass is 19.4. The van der Waals surface area contributed by atoms with E-state index in [0.29, 0.717) is 5.69 Å². The standard InChI is InChI=1S/C14H11F4N3O2/c15-8-1-3-9(4-2-8)20-13(22)10-5-6-11(21-12(10)19)23-7-14(16,17)18/h1-6H,7H2,(H2,19,21)(H,20,22). The van der Waals surface area contributed by atoms with E-state index in [4.69, 9.17) is 5.73 Å². The third-order valence-corrected chi connectivity index (χ3v) is 2.63. The highest BCUT2D eigenvalue weighted by Gasteiger charge is 2.28. The Bertz CT molecular complexity index is 702. The number of nitrogens with two attached hydrogens (primary N) is 1. The Morgan fingerprint density at radius 1 is 1.17 bits per heavy atom. The minimum Gasteiger partial charge on any atom is -0.468 e. The summed E-state index contributed by atoms with van der Waals surface area (Å²) in [6.45, 7) is -1.51. The van der Waals surface area contributed by atoms with Crippen molar-refractivity contribution in [2.45, 2.75) is 6.18 Å². The normalized spacial score (nSPS) is 11.1. The van der Waals surface area contributed by atoms with Crippen LogP contribution in [0.1, 0.15) is 10.4 Å². The van der Waals surface area contributed by atoms with Crippen molar-refractivity contribution < 1.29 is 27.1 Å². The lowest BCUT2D eigenvalue weighted by Gasteiger charge is -2.11. The van der Waals surface area contributed by atoms with Gasteiger partial charge >= 0.3 is 6.18 Å². The summed E-state index contributed by atoms with van der Waals surface area (Å²) in [5, 5.41) is 2.46. The van der Waals surface area contributed by atoms with Gasteiger partial charge < -0.3 is 15.8 Å². The number of benzene rings is 1. The summed E-state index contributed by atoms with van der Waals surface area (Å²) in [4.78, 5) is 15.6. The fraction of sp³-hybridized carbons (Fsp3) is 0.143. The lowest BCUT2D eigenvalue weighted by atomic mass is 10.2. The summed E-state index contributed by atoms with van der Waals surface area (Å²) < 4.78 is 53.3. The van der Waals surface area contributed by atoms with Crippen molar-refractivity contribution in [3.63, 3.8) is 0 Å². The Morgan fingerprint density at radius 2 is 1.83 bits per heavy atom. The molecular weight excluding hydrogens is 318 g/mol. The fourth-order valence-electron chi connectivity index (χ4n) is 1.62. The molecule has 0 unspecified atom stereocenters. The summed E-state index contributed by atoms with van der Waals surface area (Å²) in [5.41, 5.74) is 5.83. The Hall–Kier alpha value is -2.84. The van der Waals surface area contributed by atoms with Crippen molar-refractivity contribution >= 4 is 17.4 Å². The number of rotatable bonds is 4. The average Bonchev–Trinajstić information content (AvgIpc) is 2.47. The second-order valence-corrected chi connectivity index (χ2v) is 4.45. The van der Waals surface area contributed by atoms with Gasteiger partial charge in [0.05, 0.1) is 5.56 Å². The van der Waals surface area contributed by atoms with Crippen molar-refractivity contribution in [2.24, 2.45) is 0 Å². The molecule has 0 spiro atoms. The van der Waals surface area contributed by atoms with Gasteiger partial charge in [0.15, 0.2) is 6.61 Å². The minimum absolute atomic E-state index is 0.0475. The highest BCUT2D eigenvalue weighted by molar-refractivity contribution is 6.07. The molecule has 1 heterocycles. The first-order valence-corrected chi connectivity index (χ1v) is 6.27. The first kappa shape index (κ1) is 16.5. The predicted molar refractivity (Wildman–Crippen MR) is 74.6 cm³/mol. The molecule has 0 bridgehead atoms. The summed E-state index contributed by atoms with van der Waals surface area (Å²) in [6.07, 6.45) is -4.50. The van der Waals surface area contributed by atoms with Gasteiger partial charge in [-0.15, -0.1) is 0 Å². The number of nitrogens with zero attached hydrogens (tertiary/aromatic N) is 1. The number of amides is 1. The van der Waals surface area contributed by atoms with Gasteiger partial charge in [-0.05, 0) is 30.3 Å². The van der Waals surface area contributed by atoms with Crippen LogP contribution in [0.3, 0.4) is 0 Å². The zero-order chi connectivity index (χ0) is 17.0. The lowest BCUT2D eigenvalue weighted by Crippen LogP contribution is -2.20. The molecule has 0 aliphatic heterocycles. The molecule has 0 aliphatic carbocycles. The number of anilines is 2. The topological polar surface area (TPSA) is 77.2 Å². The SMILES string of the molecule is Nc1nc(OCC(F)(F)F)ccc1C(=O)Nc1ccc(F)cc1. The Kier molecular flexibility index (Phi) is 4.68. The maximum absolute atomic E-state index is 12.8. The number of nitrogens with one attached hydrogen (secondary N) is 1. The molecule has 0 fully saturated rings. The van der Waals surface area contributed by atoms with E-state index in [-0.39, 0.29) is 17.3 Å². The van der Waals surface area contributed by atoms with E-state index in [2.05, 4.69) is 15.0 Å². The third kappa shape index (κ3) is 4.83. The fourth-order valence-corrected chi connectivity index (χ4v) is 1.62. The molecule has 2 aromatic rings. The van der Waals surface area contributed by atoms with E-state index in [9.17, 15) is 22.4 Å². The molecule has 2 rings (SSSR count). The number of ether oxygens (including phenoxy) is 1. The van der Waals surface area contributed by atoms with Crippen LogP contribution in [0, 0.1) is 5.82 Å². The lowest BCUT2D eigenvalue weighted by molar-refractivity contribution is -0.154. The van der Waals surface area contributed by atoms with Gasteiger partial charge in [-0.3, -0.25) is 4.79 Å². The molecule has 9 heteroatoms. The maximum atomic E-state index is 12.8. The van der Waals surface area contributed by atoms with E-state index in [1.807, 2.05) is 0 Å². The van der Waals surface area contributed by atoms with Gasteiger partial charge in [-0.2, -0.15) is 18.2 Å². The number of carbonyl (C=O) groups is 1. The Balaban J connectivity index is 2.07. The van der Waals surface area contributed by atoms with Crippen LogP contribution in [0.2, 0.25) is 0 Å². The van der Waals surface area contributed by atoms with Crippen molar-refractivity contribution in [3.05, 3.63) is 47.8 Å². The largest absolute Gasteiger partial charge is 0.468 e. The molecule has 0 saturated carbocycles. The Labute approximate surface area is 128 Å². The molecule has 0 aliphatic rings. The number of pyridine rings is 1. The smallest absolute Gasteiger partial charge is 0.422 e. The summed E-state index contributed by atoms with van der Waals surface area (Å²) in [5.74, 6) is -1.73. The number of alkyl halides is 3. The number of hydrogen-bond donors (Lipinski definition) is 2. The van der Waals surface area contributed by atoms with Crippen LogP contribution in [0.15, 0.2) is 36.4 Å². The van der Waals surface area contributed by atoms with Crippen LogP contribution in [-0.2, 0) is 0 Å². The highest BCUT2D eigenvalue weighted by Crippen LogP contribution is 2.20. The molecule has 0 saturated heterocycles. The molecule has 1 aromatic heterocycles. The van der Waals surface area contributed by atoms with Crippen LogP contribution in [0.4, 0.5) is 29.1 Å². The molecule has 1 amide bonds. The molecule has 0 atom stereocenters. The monoisotopic (exact) mass is 329 g/mol. The predicted octanol–water partition coefficient (Wildman–Crippen LogP) is 3.00. The van der Waals surface area contributed by atoms with E-state index in [0.717, 1.165) is 18.2 Å².